The van der Waals surface area contributed by atoms with Crippen molar-refractivity contribution in [3.8, 4) is 0 Å². The molecular weight excluding hydrogens is 448 g/mol. The summed E-state index contributed by atoms with van der Waals surface area (Å²) in [4.78, 5) is 63.7. The maximum Gasteiger partial charge on any atom is 0.333 e. The third-order valence-corrected chi connectivity index (χ3v) is 7.65. The van der Waals surface area contributed by atoms with Crippen molar-refractivity contribution in [3.63, 3.8) is 0 Å². The minimum absolute atomic E-state index is 0.261. The first-order valence-corrected chi connectivity index (χ1v) is 10.9. The Labute approximate surface area is 187 Å². The summed E-state index contributed by atoms with van der Waals surface area (Å²) in [5, 5.41) is -0.631. The van der Waals surface area contributed by atoms with Crippen molar-refractivity contribution < 1.29 is 33.4 Å². The molecule has 31 heavy (non-hydrogen) atoms. The molecule has 2 unspecified atom stereocenters. The van der Waals surface area contributed by atoms with Crippen molar-refractivity contribution in [2.45, 2.75) is 43.1 Å². The van der Waals surface area contributed by atoms with Gasteiger partial charge < -0.3 is 14.4 Å². The third kappa shape index (κ3) is 3.28. The van der Waals surface area contributed by atoms with Crippen molar-refractivity contribution in [2.24, 2.45) is 0 Å². The number of thioether (sulfide) groups is 1. The topological polar surface area (TPSA) is 110 Å². The summed E-state index contributed by atoms with van der Waals surface area (Å²) >= 11 is 7.81. The summed E-state index contributed by atoms with van der Waals surface area (Å²) in [6.07, 6.45) is 0. The molecule has 3 amide bonds. The van der Waals surface area contributed by atoms with Gasteiger partial charge in [-0.25, -0.2) is 4.79 Å². The van der Waals surface area contributed by atoms with Crippen LogP contribution in [-0.4, -0.2) is 74.3 Å². The SMILES string of the molecule is CC(=O)OCOC(=O)C1N2C(=O)C(N3C(=O)c4cccc(C)c4C3=O)[C@H]2SC[C@@]1(C)Cl. The van der Waals surface area contributed by atoms with E-state index >= 15 is 0 Å². The zero-order valence-corrected chi connectivity index (χ0v) is 18.5. The van der Waals surface area contributed by atoms with Crippen molar-refractivity contribution >= 4 is 53.0 Å². The number of carbonyl (C=O) groups excluding carboxylic acids is 5. The van der Waals surface area contributed by atoms with E-state index < -0.39 is 58.8 Å². The lowest BCUT2D eigenvalue weighted by Gasteiger charge is -2.57. The number of halogens is 1. The molecule has 0 radical (unpaired) electrons. The molecule has 11 heteroatoms. The van der Waals surface area contributed by atoms with Gasteiger partial charge in [-0.3, -0.25) is 24.1 Å². The predicted molar refractivity (Wildman–Crippen MR) is 109 cm³/mol. The van der Waals surface area contributed by atoms with Gasteiger partial charge in [-0.1, -0.05) is 12.1 Å². The number of esters is 2. The highest BCUT2D eigenvalue weighted by atomic mass is 35.5. The van der Waals surface area contributed by atoms with Crippen LogP contribution in [0.2, 0.25) is 0 Å². The lowest BCUT2D eigenvalue weighted by Crippen LogP contribution is -2.78. The molecule has 4 atom stereocenters. The first-order valence-electron chi connectivity index (χ1n) is 9.46. The van der Waals surface area contributed by atoms with Crippen LogP contribution in [0.15, 0.2) is 18.2 Å². The van der Waals surface area contributed by atoms with Gasteiger partial charge in [-0.15, -0.1) is 23.4 Å². The van der Waals surface area contributed by atoms with Gasteiger partial charge in [0.25, 0.3) is 17.7 Å². The molecule has 4 rings (SSSR count). The number of fused-ring (bicyclic) bond motifs is 2. The van der Waals surface area contributed by atoms with E-state index in [0.717, 1.165) is 4.90 Å². The van der Waals surface area contributed by atoms with Gasteiger partial charge in [-0.2, -0.15) is 0 Å². The molecule has 0 N–H and O–H groups in total. The minimum Gasteiger partial charge on any atom is -0.428 e. The molecule has 1 aromatic carbocycles. The van der Waals surface area contributed by atoms with E-state index in [4.69, 9.17) is 16.3 Å². The van der Waals surface area contributed by atoms with Crippen LogP contribution in [0.4, 0.5) is 0 Å². The van der Waals surface area contributed by atoms with E-state index in [9.17, 15) is 24.0 Å². The van der Waals surface area contributed by atoms with Crippen LogP contribution < -0.4 is 0 Å². The van der Waals surface area contributed by atoms with Gasteiger partial charge in [0.2, 0.25) is 6.79 Å². The average Bonchev–Trinajstić information content (AvgIpc) is 2.93. The fourth-order valence-corrected chi connectivity index (χ4v) is 5.95. The summed E-state index contributed by atoms with van der Waals surface area (Å²) in [5.74, 6) is -2.80. The highest BCUT2D eigenvalue weighted by molar-refractivity contribution is 8.00. The van der Waals surface area contributed by atoms with Gasteiger partial charge in [-0.05, 0) is 25.5 Å². The van der Waals surface area contributed by atoms with E-state index in [1.807, 2.05) is 0 Å². The monoisotopic (exact) mass is 466 g/mol. The Morgan fingerprint density at radius 2 is 1.94 bits per heavy atom. The fraction of sp³-hybridized carbons (Fsp3) is 0.450. The molecule has 0 aromatic heterocycles. The number of hydrogen-bond donors (Lipinski definition) is 0. The van der Waals surface area contributed by atoms with Crippen molar-refractivity contribution in [3.05, 3.63) is 34.9 Å². The second-order valence-corrected chi connectivity index (χ2v) is 9.74. The Balaban J connectivity index is 1.58. The molecule has 3 heterocycles. The summed E-state index contributed by atoms with van der Waals surface area (Å²) in [6.45, 7) is 3.89. The molecule has 0 saturated carbocycles. The Morgan fingerprint density at radius 1 is 1.23 bits per heavy atom. The van der Waals surface area contributed by atoms with Crippen LogP contribution >= 0.6 is 23.4 Å². The summed E-state index contributed by atoms with van der Waals surface area (Å²) in [6, 6.07) is 2.78. The molecule has 2 saturated heterocycles. The Kier molecular flexibility index (Phi) is 5.25. The molecule has 3 aliphatic rings. The van der Waals surface area contributed by atoms with Crippen LogP contribution in [0.3, 0.4) is 0 Å². The highest BCUT2D eigenvalue weighted by Crippen LogP contribution is 2.48. The maximum absolute atomic E-state index is 13.1. The molecule has 9 nitrogen and oxygen atoms in total. The van der Waals surface area contributed by atoms with E-state index in [2.05, 4.69) is 4.74 Å². The van der Waals surface area contributed by atoms with Crippen LogP contribution in [0, 0.1) is 6.92 Å². The Bertz CT molecular complexity index is 1030. The smallest absolute Gasteiger partial charge is 0.333 e. The molecule has 1 aromatic rings. The Morgan fingerprint density at radius 3 is 2.58 bits per heavy atom. The number of hydrogen-bond acceptors (Lipinski definition) is 8. The molecule has 3 aliphatic heterocycles. The number of alkyl halides is 1. The number of β-lactam (4-membered cyclic amide) rings is 1. The maximum atomic E-state index is 13.1. The second kappa shape index (κ2) is 7.52. The third-order valence-electron chi connectivity index (χ3n) is 5.56. The molecule has 2 fully saturated rings. The van der Waals surface area contributed by atoms with Crippen LogP contribution in [0.1, 0.15) is 40.1 Å². The molecule has 164 valence electrons. The van der Waals surface area contributed by atoms with Gasteiger partial charge in [0, 0.05) is 12.7 Å². The van der Waals surface area contributed by atoms with Gasteiger partial charge in [0.15, 0.2) is 6.04 Å². The van der Waals surface area contributed by atoms with Crippen LogP contribution in [0.5, 0.6) is 0 Å². The summed E-state index contributed by atoms with van der Waals surface area (Å²) in [5.41, 5.74) is 1.20. The molecule has 0 spiro atoms. The fourth-order valence-electron chi connectivity index (χ4n) is 4.10. The van der Waals surface area contributed by atoms with Crippen LogP contribution in [-0.2, 0) is 23.9 Å². The minimum atomic E-state index is -1.16. The number of nitrogens with zero attached hydrogens (tertiary/aromatic N) is 2. The number of amides is 3. The Hall–Kier alpha value is -2.59. The lowest BCUT2D eigenvalue weighted by molar-refractivity contribution is -0.178. The predicted octanol–water partition coefficient (Wildman–Crippen LogP) is 1.30. The largest absolute Gasteiger partial charge is 0.428 e. The number of aryl methyl sites for hydroxylation is 1. The molecule has 0 bridgehead atoms. The van der Waals surface area contributed by atoms with Crippen molar-refractivity contribution in [1.82, 2.24) is 9.80 Å². The van der Waals surface area contributed by atoms with E-state index in [1.165, 1.54) is 23.6 Å². The van der Waals surface area contributed by atoms with Crippen LogP contribution in [0.25, 0.3) is 0 Å². The number of rotatable bonds is 4. The first-order chi connectivity index (χ1) is 14.6. The van der Waals surface area contributed by atoms with Gasteiger partial charge in [0.1, 0.15) is 11.4 Å². The quantitative estimate of drug-likeness (QED) is 0.215. The molecule has 0 aliphatic carbocycles. The average molecular weight is 467 g/mol. The summed E-state index contributed by atoms with van der Waals surface area (Å²) < 4.78 is 9.61. The lowest BCUT2D eigenvalue weighted by atomic mass is 9.93. The van der Waals surface area contributed by atoms with E-state index in [-0.39, 0.29) is 11.3 Å². The van der Waals surface area contributed by atoms with E-state index in [0.29, 0.717) is 11.1 Å². The zero-order chi connectivity index (χ0) is 22.7. The second-order valence-electron chi connectivity index (χ2n) is 7.77. The first kappa shape index (κ1) is 21.6. The van der Waals surface area contributed by atoms with E-state index in [1.54, 1.807) is 32.0 Å². The van der Waals surface area contributed by atoms with Gasteiger partial charge in [0.05, 0.1) is 16.0 Å². The highest BCUT2D eigenvalue weighted by Gasteiger charge is 2.65. The number of imide groups is 1. The normalized spacial score (nSPS) is 29.3. The number of ether oxygens (including phenoxy) is 2. The van der Waals surface area contributed by atoms with Gasteiger partial charge >= 0.3 is 11.9 Å². The van der Waals surface area contributed by atoms with Crippen molar-refractivity contribution in [2.75, 3.05) is 12.5 Å². The van der Waals surface area contributed by atoms with Crippen molar-refractivity contribution in [1.29, 1.82) is 0 Å². The zero-order valence-electron chi connectivity index (χ0n) is 16.9. The molecular formula is C20H19ClN2O7S. The number of benzene rings is 1. The standard InChI is InChI=1S/C20H19ClN2O7S/c1-9-5-4-6-11-12(9)16(26)22(15(11)25)13-17(27)23-14(19(28)30-8-29-10(2)24)20(3,21)7-31-18(13)23/h4-6,13-14,18H,7-8H2,1-3H3/t13?,14?,18-,20-/m1/s1. The number of carbonyl (C=O) groups is 5. The summed E-state index contributed by atoms with van der Waals surface area (Å²) in [7, 11) is 0.